The molecular weight excluding hydrogens is 384 g/mol. The van der Waals surface area contributed by atoms with E-state index in [2.05, 4.69) is 32.0 Å². The van der Waals surface area contributed by atoms with Crippen LogP contribution < -0.4 is 4.90 Å². The minimum Gasteiger partial charge on any atom is -0.346 e. The van der Waals surface area contributed by atoms with Crippen LogP contribution >= 0.6 is 15.9 Å². The third-order valence-electron chi connectivity index (χ3n) is 4.86. The van der Waals surface area contributed by atoms with Crippen LogP contribution in [-0.2, 0) is 9.59 Å². The Morgan fingerprint density at radius 3 is 2.96 bits per heavy atom. The van der Waals surface area contributed by atoms with Gasteiger partial charge in [-0.3, -0.25) is 14.5 Å². The van der Waals surface area contributed by atoms with E-state index in [1.165, 1.54) is 5.57 Å². The van der Waals surface area contributed by atoms with Gasteiger partial charge in [0.05, 0.1) is 5.33 Å². The molecule has 130 valence electrons. The van der Waals surface area contributed by atoms with E-state index in [4.69, 9.17) is 0 Å². The second kappa shape index (κ2) is 6.63. The molecule has 7 heteroatoms. The Morgan fingerprint density at radius 2 is 2.32 bits per heavy atom. The van der Waals surface area contributed by atoms with Crippen molar-refractivity contribution in [3.8, 4) is 0 Å². The molecule has 0 atom stereocenters. The van der Waals surface area contributed by atoms with Crippen LogP contribution in [0.5, 0.6) is 0 Å². The van der Waals surface area contributed by atoms with Gasteiger partial charge < -0.3 is 9.88 Å². The molecule has 2 aliphatic rings. The fourth-order valence-corrected chi connectivity index (χ4v) is 3.68. The number of rotatable bonds is 5. The summed E-state index contributed by atoms with van der Waals surface area (Å²) in [6.45, 7) is 1.32. The Kier molecular flexibility index (Phi) is 4.33. The third kappa shape index (κ3) is 3.08. The Morgan fingerprint density at radius 1 is 1.48 bits per heavy atom. The highest BCUT2D eigenvalue weighted by atomic mass is 79.9. The van der Waals surface area contributed by atoms with Crippen molar-refractivity contribution in [1.82, 2.24) is 14.9 Å². The lowest BCUT2D eigenvalue weighted by Gasteiger charge is -2.27. The second-order valence-corrected chi connectivity index (χ2v) is 7.03. The van der Waals surface area contributed by atoms with Gasteiger partial charge in [-0.2, -0.15) is 0 Å². The molecule has 1 aliphatic heterocycles. The fraction of sp³-hybridized carbons (Fsp3) is 0.389. The normalized spacial score (nSPS) is 17.5. The van der Waals surface area contributed by atoms with Crippen LogP contribution in [0.3, 0.4) is 0 Å². The lowest BCUT2D eigenvalue weighted by molar-refractivity contribution is -0.127. The molecule has 1 fully saturated rings. The lowest BCUT2D eigenvalue weighted by Crippen LogP contribution is -2.35. The van der Waals surface area contributed by atoms with Gasteiger partial charge in [-0.15, -0.1) is 0 Å². The van der Waals surface area contributed by atoms with E-state index in [1.54, 1.807) is 4.90 Å². The smallest absolute Gasteiger partial charge is 0.233 e. The van der Waals surface area contributed by atoms with Crippen molar-refractivity contribution in [3.63, 3.8) is 0 Å². The van der Waals surface area contributed by atoms with Gasteiger partial charge in [-0.05, 0) is 42.5 Å². The molecule has 0 aromatic carbocycles. The average Bonchev–Trinajstić information content (AvgIpc) is 3.37. The highest BCUT2D eigenvalue weighted by Crippen LogP contribution is 2.35. The van der Waals surface area contributed by atoms with Gasteiger partial charge in [0, 0.05) is 30.7 Å². The van der Waals surface area contributed by atoms with Crippen molar-refractivity contribution >= 4 is 50.7 Å². The highest BCUT2D eigenvalue weighted by Gasteiger charge is 2.30. The predicted molar refractivity (Wildman–Crippen MR) is 101 cm³/mol. The molecule has 0 bridgehead atoms. The Balaban J connectivity index is 1.71. The van der Waals surface area contributed by atoms with E-state index in [-0.39, 0.29) is 11.9 Å². The van der Waals surface area contributed by atoms with Crippen LogP contribution in [0.25, 0.3) is 16.6 Å². The quantitative estimate of drug-likeness (QED) is 0.617. The summed E-state index contributed by atoms with van der Waals surface area (Å²) in [5.74, 6) is 0.806. The minimum atomic E-state index is 0.110. The van der Waals surface area contributed by atoms with Gasteiger partial charge in [-0.25, -0.2) is 4.98 Å². The summed E-state index contributed by atoms with van der Waals surface area (Å²) < 4.78 is 0. The van der Waals surface area contributed by atoms with Crippen molar-refractivity contribution in [3.05, 3.63) is 30.0 Å². The number of halogens is 1. The first-order valence-corrected chi connectivity index (χ1v) is 9.58. The summed E-state index contributed by atoms with van der Waals surface area (Å²) >= 11 is 3.23. The number of H-pyrrole nitrogens is 1. The van der Waals surface area contributed by atoms with Crippen LogP contribution in [0, 0.1) is 0 Å². The molecule has 1 saturated carbocycles. The van der Waals surface area contributed by atoms with Crippen LogP contribution in [0.1, 0.15) is 24.8 Å². The van der Waals surface area contributed by atoms with Crippen molar-refractivity contribution < 1.29 is 9.59 Å². The van der Waals surface area contributed by atoms with Gasteiger partial charge in [0.2, 0.25) is 12.3 Å². The summed E-state index contributed by atoms with van der Waals surface area (Å²) in [6.07, 6.45) is 7.72. The molecule has 2 aromatic heterocycles. The molecule has 6 nitrogen and oxygen atoms in total. The predicted octanol–water partition coefficient (Wildman–Crippen LogP) is 2.70. The number of fused-ring (bicyclic) bond motifs is 1. The molecule has 4 rings (SSSR count). The number of nitrogens with zero attached hydrogens (tertiary/aromatic N) is 3. The first-order chi connectivity index (χ1) is 12.2. The number of alkyl halides is 1. The van der Waals surface area contributed by atoms with Crippen LogP contribution in [0.15, 0.2) is 24.4 Å². The number of carbonyl (C=O) groups excluding carboxylic acids is 2. The first kappa shape index (κ1) is 16.3. The zero-order valence-electron chi connectivity index (χ0n) is 13.7. The van der Waals surface area contributed by atoms with Gasteiger partial charge in [0.25, 0.3) is 0 Å². The molecule has 0 unspecified atom stereocenters. The number of hydrogen-bond donors (Lipinski definition) is 1. The molecule has 0 radical (unpaired) electrons. The van der Waals surface area contributed by atoms with E-state index in [0.29, 0.717) is 24.2 Å². The van der Waals surface area contributed by atoms with Crippen molar-refractivity contribution in [2.24, 2.45) is 0 Å². The summed E-state index contributed by atoms with van der Waals surface area (Å²) in [7, 11) is 0. The van der Waals surface area contributed by atoms with Gasteiger partial charge in [0.15, 0.2) is 0 Å². The maximum absolute atomic E-state index is 11.8. The summed E-state index contributed by atoms with van der Waals surface area (Å²) in [4.78, 5) is 34.7. The zero-order valence-corrected chi connectivity index (χ0v) is 15.3. The van der Waals surface area contributed by atoms with Crippen molar-refractivity contribution in [2.75, 3.05) is 23.3 Å². The van der Waals surface area contributed by atoms with Crippen LogP contribution in [0.2, 0.25) is 0 Å². The van der Waals surface area contributed by atoms with Gasteiger partial charge in [-0.1, -0.05) is 22.0 Å². The van der Waals surface area contributed by atoms with Crippen LogP contribution in [-0.4, -0.2) is 51.6 Å². The number of amides is 2. The summed E-state index contributed by atoms with van der Waals surface area (Å²) in [6, 6.07) is 4.30. The maximum atomic E-state index is 11.8. The van der Waals surface area contributed by atoms with Crippen molar-refractivity contribution in [2.45, 2.75) is 25.3 Å². The number of anilines is 1. The molecular formula is C18H19BrN4O2. The summed E-state index contributed by atoms with van der Waals surface area (Å²) in [5, 5.41) is 1.41. The van der Waals surface area contributed by atoms with E-state index in [0.717, 1.165) is 42.3 Å². The Hall–Kier alpha value is -2.15. The number of aromatic amines is 1. The average molecular weight is 403 g/mol. The highest BCUT2D eigenvalue weighted by molar-refractivity contribution is 9.09. The van der Waals surface area contributed by atoms with Crippen LogP contribution in [0.4, 0.5) is 5.82 Å². The molecule has 25 heavy (non-hydrogen) atoms. The SMILES string of the molecule is O=CN(c1cc(C2=CCN(C(=O)CBr)CC2)c2cc[nH]c2n1)C1CC1. The molecule has 0 saturated heterocycles. The van der Waals surface area contributed by atoms with Gasteiger partial charge >= 0.3 is 0 Å². The number of hydrogen-bond acceptors (Lipinski definition) is 3. The molecule has 1 aliphatic carbocycles. The molecule has 0 spiro atoms. The van der Waals surface area contributed by atoms with E-state index in [9.17, 15) is 9.59 Å². The van der Waals surface area contributed by atoms with Gasteiger partial charge in [0.1, 0.15) is 11.5 Å². The molecule has 2 amide bonds. The molecule has 1 N–H and O–H groups in total. The summed E-state index contributed by atoms with van der Waals surface area (Å²) in [5.41, 5.74) is 3.09. The third-order valence-corrected chi connectivity index (χ3v) is 5.34. The monoisotopic (exact) mass is 402 g/mol. The lowest BCUT2D eigenvalue weighted by atomic mass is 9.97. The standard InChI is InChI=1S/C18H19BrN4O2/c19-10-17(25)22-7-4-12(5-8-22)15-9-16(23(11-24)13-1-2-13)21-18-14(15)3-6-20-18/h3-4,6,9,11,13H,1-2,5,7-8,10H2,(H,20,21). The topological polar surface area (TPSA) is 69.3 Å². The Labute approximate surface area is 154 Å². The molecule has 3 heterocycles. The first-order valence-electron chi connectivity index (χ1n) is 8.46. The number of aromatic nitrogens is 2. The largest absolute Gasteiger partial charge is 0.346 e. The number of pyridine rings is 1. The fourth-order valence-electron chi connectivity index (χ4n) is 3.33. The second-order valence-electron chi connectivity index (χ2n) is 6.46. The van der Waals surface area contributed by atoms with E-state index < -0.39 is 0 Å². The van der Waals surface area contributed by atoms with Crippen molar-refractivity contribution in [1.29, 1.82) is 0 Å². The minimum absolute atomic E-state index is 0.110. The molecule has 2 aromatic rings. The number of nitrogens with one attached hydrogen (secondary N) is 1. The van der Waals surface area contributed by atoms with E-state index >= 15 is 0 Å². The number of carbonyl (C=O) groups is 2. The zero-order chi connectivity index (χ0) is 17.4. The maximum Gasteiger partial charge on any atom is 0.233 e. The Bertz CT molecular complexity index is 856. The van der Waals surface area contributed by atoms with E-state index in [1.807, 2.05) is 23.2 Å².